The number of piperidine rings is 1. The summed E-state index contributed by atoms with van der Waals surface area (Å²) in [5.41, 5.74) is 7.03. The molecular weight excluding hydrogens is 986 g/mol. The van der Waals surface area contributed by atoms with E-state index in [0.717, 1.165) is 30.5 Å². The van der Waals surface area contributed by atoms with Crippen LogP contribution in [0.2, 0.25) is 0 Å². The van der Waals surface area contributed by atoms with Gasteiger partial charge in [-0.15, -0.1) is 5.10 Å². The zero-order valence-electron chi connectivity index (χ0n) is 43.3. The van der Waals surface area contributed by atoms with Gasteiger partial charge in [-0.1, -0.05) is 67.3 Å². The summed E-state index contributed by atoms with van der Waals surface area (Å²) in [4.78, 5) is 64.6. The normalized spacial score (nSPS) is 15.0. The van der Waals surface area contributed by atoms with E-state index in [4.69, 9.17) is 9.47 Å². The van der Waals surface area contributed by atoms with Crippen molar-refractivity contribution in [2.45, 2.75) is 122 Å². The molecule has 0 spiro atoms. The molecule has 1 saturated heterocycles. The van der Waals surface area contributed by atoms with Gasteiger partial charge in [0.2, 0.25) is 11.8 Å². The number of carbonyl (C=O) groups is 5. The van der Waals surface area contributed by atoms with Crippen molar-refractivity contribution in [1.29, 1.82) is 0 Å². The Morgan fingerprint density at radius 2 is 1.69 bits per heavy atom. The number of aromatic nitrogens is 4. The zero-order valence-corrected chi connectivity index (χ0v) is 43.3. The summed E-state index contributed by atoms with van der Waals surface area (Å²) < 4.78 is 30.4. The number of para-hydroxylation sites is 1. The molecule has 402 valence electrons. The first-order valence-electron chi connectivity index (χ1n) is 26.2. The van der Waals surface area contributed by atoms with Gasteiger partial charge in [0, 0.05) is 66.9 Å². The first-order chi connectivity index (χ1) is 37.2. The molecule has 77 heavy (non-hydrogen) atoms. The number of ether oxygens (including phenoxy) is 2. The highest BCUT2D eigenvalue weighted by Gasteiger charge is 2.40. The monoisotopic (exact) mass is 1050 g/mol. The number of benzene rings is 4. The van der Waals surface area contributed by atoms with Gasteiger partial charge in [-0.3, -0.25) is 34.0 Å². The number of aliphatic carboxylic acids is 1. The molecule has 0 saturated carbocycles. The average Bonchev–Trinajstić information content (AvgIpc) is 4.18. The summed E-state index contributed by atoms with van der Waals surface area (Å²) in [6, 6.07) is 27.3. The Bertz CT molecular complexity index is 3130. The van der Waals surface area contributed by atoms with Crippen molar-refractivity contribution >= 4 is 35.3 Å². The van der Waals surface area contributed by atoms with Crippen LogP contribution in [0.15, 0.2) is 103 Å². The van der Waals surface area contributed by atoms with Crippen LogP contribution in [-0.4, -0.2) is 107 Å². The quantitative estimate of drug-likeness (QED) is 0.0209. The Labute approximate surface area is 446 Å². The van der Waals surface area contributed by atoms with Crippen LogP contribution in [0.25, 0.3) is 22.4 Å². The molecule has 8 rings (SSSR count). The van der Waals surface area contributed by atoms with E-state index < -0.39 is 42.4 Å². The molecule has 0 aliphatic carbocycles. The molecule has 2 aliphatic rings. The van der Waals surface area contributed by atoms with Gasteiger partial charge >= 0.3 is 5.97 Å². The Balaban J connectivity index is 0.855. The van der Waals surface area contributed by atoms with Gasteiger partial charge in [-0.2, -0.15) is 0 Å². The number of hydrogen-bond donors (Lipinski definition) is 5. The van der Waals surface area contributed by atoms with E-state index in [2.05, 4.69) is 32.8 Å². The number of amides is 4. The fourth-order valence-electron chi connectivity index (χ4n) is 9.96. The molecule has 1 fully saturated rings. The van der Waals surface area contributed by atoms with E-state index in [1.165, 1.54) is 17.0 Å². The van der Waals surface area contributed by atoms with Crippen LogP contribution in [0, 0.1) is 17.7 Å². The van der Waals surface area contributed by atoms with E-state index in [1.807, 2.05) is 77.8 Å². The van der Waals surface area contributed by atoms with Crippen molar-refractivity contribution in [3.63, 3.8) is 0 Å². The van der Waals surface area contributed by atoms with Gasteiger partial charge in [0.25, 0.3) is 11.8 Å². The number of nitrogens with one attached hydrogen (secondary N) is 2. The van der Waals surface area contributed by atoms with Gasteiger partial charge in [0.05, 0.1) is 42.2 Å². The zero-order chi connectivity index (χ0) is 54.4. The van der Waals surface area contributed by atoms with E-state index in [9.17, 15) is 43.7 Å². The highest BCUT2D eigenvalue weighted by atomic mass is 19.1. The molecule has 2 aromatic heterocycles. The van der Waals surface area contributed by atoms with Gasteiger partial charge in [0.15, 0.2) is 0 Å². The Morgan fingerprint density at radius 1 is 0.896 bits per heavy atom. The van der Waals surface area contributed by atoms with E-state index in [-0.39, 0.29) is 62.6 Å². The highest BCUT2D eigenvalue weighted by Crippen LogP contribution is 2.44. The summed E-state index contributed by atoms with van der Waals surface area (Å²) in [5, 5.41) is 44.7. The Morgan fingerprint density at radius 3 is 2.45 bits per heavy atom. The standard InChI is InChI=1S/C59H64FN7O10/c1-38(2)55-54(58(74)61-43-16-5-3-6-17-43)53(56(40-21-23-42(60)24-22-40)66(55)29-27-45(68)34-46(69)35-52(71)72)41-14-9-19-47(33-41)77-32-12-18-44-36-65(64-63-44)28-7-4-8-30-76-31-11-15-39-13-10-20-48-49(39)37-67(59(48)75)50-25-26-51(70)62-57(50)73/h3,5-6,9-10,13-14,16-17,19-24,33,36,38,45-46,50,68-69H,4,7-8,12,18,25-32,34-35,37H2,1-2H3,(H,61,74)(H,71,72)(H,62,70,73)/t45-,46-,50?/m1/s1. The number of aryl methyl sites for hydroxylation is 2. The molecule has 1 unspecified atom stereocenters. The molecule has 4 heterocycles. The van der Waals surface area contributed by atoms with Crippen molar-refractivity contribution in [1.82, 2.24) is 29.8 Å². The third kappa shape index (κ3) is 14.3. The van der Waals surface area contributed by atoms with Crippen molar-refractivity contribution in [2.75, 3.05) is 25.1 Å². The lowest BCUT2D eigenvalue weighted by molar-refractivity contribution is -0.140. The van der Waals surface area contributed by atoms with Crippen molar-refractivity contribution < 1.29 is 53.2 Å². The van der Waals surface area contributed by atoms with Crippen molar-refractivity contribution in [2.24, 2.45) is 0 Å². The molecule has 6 aromatic rings. The lowest BCUT2D eigenvalue weighted by atomic mass is 9.94. The minimum atomic E-state index is -1.24. The summed E-state index contributed by atoms with van der Waals surface area (Å²) in [6.45, 7) is 6.24. The summed E-state index contributed by atoms with van der Waals surface area (Å²) >= 11 is 0. The largest absolute Gasteiger partial charge is 0.494 e. The molecule has 2 aliphatic heterocycles. The molecule has 4 aromatic carbocycles. The molecular formula is C59H64FN7O10. The SMILES string of the molecule is CC(C)c1c(C(=O)Nc2ccccc2)c(-c2cccc(OCCCc3cn(CCCCCOCC#Cc4cccc5c4CN(C4CCC(=O)NC4=O)C5=O)nn3)c2)c(-c2ccc(F)cc2)n1CC[C@@H](O)C[C@@H](O)CC(=O)O. The molecule has 4 amide bonds. The maximum absolute atomic E-state index is 14.7. The number of fused-ring (bicyclic) bond motifs is 1. The van der Waals surface area contributed by atoms with E-state index in [0.29, 0.717) is 95.2 Å². The fraction of sp³-hybridized carbons (Fsp3) is 0.373. The number of aliphatic hydroxyl groups excluding tert-OH is 2. The lowest BCUT2D eigenvalue weighted by Crippen LogP contribution is -2.52. The number of hydrogen-bond acceptors (Lipinski definition) is 11. The third-order valence-electron chi connectivity index (χ3n) is 13.6. The summed E-state index contributed by atoms with van der Waals surface area (Å²) in [5.74, 6) is 3.56. The number of nitrogens with zero attached hydrogens (tertiary/aromatic N) is 5. The number of carboxylic acids is 1. The van der Waals surface area contributed by atoms with Crippen LogP contribution in [0.3, 0.4) is 0 Å². The minimum Gasteiger partial charge on any atom is -0.494 e. The van der Waals surface area contributed by atoms with Gasteiger partial charge < -0.3 is 39.6 Å². The average molecular weight is 1050 g/mol. The molecule has 18 heteroatoms. The second-order valence-electron chi connectivity index (χ2n) is 19.6. The fourth-order valence-corrected chi connectivity index (χ4v) is 9.96. The summed E-state index contributed by atoms with van der Waals surface area (Å²) in [7, 11) is 0. The lowest BCUT2D eigenvalue weighted by Gasteiger charge is -2.29. The van der Waals surface area contributed by atoms with Gasteiger partial charge in [-0.05, 0) is 135 Å². The van der Waals surface area contributed by atoms with Crippen LogP contribution in [0.1, 0.15) is 121 Å². The van der Waals surface area contributed by atoms with Crippen molar-refractivity contribution in [3.8, 4) is 40.0 Å². The minimum absolute atomic E-state index is 0.132. The second kappa shape index (κ2) is 26.2. The number of imide groups is 1. The van der Waals surface area contributed by atoms with Crippen LogP contribution < -0.4 is 15.4 Å². The summed E-state index contributed by atoms with van der Waals surface area (Å²) in [6.07, 6.45) is 3.54. The van der Waals surface area contributed by atoms with Gasteiger partial charge in [0.1, 0.15) is 24.2 Å². The van der Waals surface area contributed by atoms with E-state index >= 15 is 0 Å². The number of carbonyl (C=O) groups excluding carboxylic acids is 4. The molecule has 3 atom stereocenters. The van der Waals surface area contributed by atoms with Crippen molar-refractivity contribution in [3.05, 3.63) is 143 Å². The highest BCUT2D eigenvalue weighted by molar-refractivity contribution is 6.12. The molecule has 0 bridgehead atoms. The number of anilines is 1. The molecule has 5 N–H and O–H groups in total. The Kier molecular flexibility index (Phi) is 18.8. The molecule has 0 radical (unpaired) electrons. The maximum Gasteiger partial charge on any atom is 0.305 e. The van der Waals surface area contributed by atoms with Crippen LogP contribution in [0.4, 0.5) is 10.1 Å². The maximum atomic E-state index is 14.7. The number of aliphatic hydroxyl groups is 2. The Hall–Kier alpha value is -7.98. The van der Waals surface area contributed by atoms with Crippen LogP contribution in [0.5, 0.6) is 5.75 Å². The predicted molar refractivity (Wildman–Crippen MR) is 285 cm³/mol. The smallest absolute Gasteiger partial charge is 0.305 e. The number of unbranched alkanes of at least 4 members (excludes halogenated alkanes) is 2. The number of rotatable bonds is 25. The van der Waals surface area contributed by atoms with Crippen LogP contribution >= 0.6 is 0 Å². The number of halogens is 1. The topological polar surface area (TPSA) is 227 Å². The predicted octanol–water partition coefficient (Wildman–Crippen LogP) is 7.92. The van der Waals surface area contributed by atoms with Gasteiger partial charge in [-0.25, -0.2) is 4.39 Å². The van der Waals surface area contributed by atoms with E-state index in [1.54, 1.807) is 36.4 Å². The third-order valence-corrected chi connectivity index (χ3v) is 13.6. The second-order valence-corrected chi connectivity index (χ2v) is 19.6. The number of carboxylic acid groups (broad SMARTS) is 1. The first-order valence-corrected chi connectivity index (χ1v) is 26.2. The molecule has 17 nitrogen and oxygen atoms in total. The first kappa shape index (κ1) is 55.3. The van der Waals surface area contributed by atoms with Crippen LogP contribution in [-0.2, 0) is 45.2 Å².